The zero-order chi connectivity index (χ0) is 16.4. The molecular formula is C17H23N5O. The zero-order valence-corrected chi connectivity index (χ0v) is 13.9. The lowest BCUT2D eigenvalue weighted by atomic mass is 9.97. The number of piperazine rings is 1. The van der Waals surface area contributed by atoms with Gasteiger partial charge in [0.2, 0.25) is 0 Å². The Morgan fingerprint density at radius 1 is 1.13 bits per heavy atom. The second kappa shape index (κ2) is 5.95. The molecule has 1 saturated heterocycles. The molecule has 1 aromatic heterocycles. The van der Waals surface area contributed by atoms with Gasteiger partial charge < -0.3 is 20.3 Å². The van der Waals surface area contributed by atoms with Crippen molar-refractivity contribution in [1.29, 1.82) is 0 Å². The first-order valence-corrected chi connectivity index (χ1v) is 7.74. The summed E-state index contributed by atoms with van der Waals surface area (Å²) in [4.78, 5) is 13.0. The van der Waals surface area contributed by atoms with Crippen molar-refractivity contribution in [3.05, 3.63) is 36.7 Å². The first-order valence-electron chi connectivity index (χ1n) is 7.74. The SMILES string of the molecule is COc1ccc(N2CCN(c3cc(N)ncn3)CC2(C)C)cc1. The molecule has 6 heteroatoms. The van der Waals surface area contributed by atoms with E-state index in [9.17, 15) is 0 Å². The van der Waals surface area contributed by atoms with Crippen molar-refractivity contribution in [1.82, 2.24) is 9.97 Å². The molecule has 2 heterocycles. The number of rotatable bonds is 3. The minimum atomic E-state index is -0.0213. The molecule has 23 heavy (non-hydrogen) atoms. The van der Waals surface area contributed by atoms with E-state index in [-0.39, 0.29) is 5.54 Å². The topological polar surface area (TPSA) is 67.5 Å². The normalized spacial score (nSPS) is 17.2. The van der Waals surface area contributed by atoms with Gasteiger partial charge in [0.25, 0.3) is 0 Å². The Kier molecular flexibility index (Phi) is 3.98. The lowest BCUT2D eigenvalue weighted by Gasteiger charge is -2.48. The van der Waals surface area contributed by atoms with Gasteiger partial charge in [-0.3, -0.25) is 0 Å². The van der Waals surface area contributed by atoms with Crippen molar-refractivity contribution < 1.29 is 4.74 Å². The average molecular weight is 313 g/mol. The first-order chi connectivity index (χ1) is 11.0. The maximum Gasteiger partial charge on any atom is 0.134 e. The molecule has 122 valence electrons. The maximum absolute atomic E-state index is 5.78. The molecule has 0 bridgehead atoms. The van der Waals surface area contributed by atoms with E-state index >= 15 is 0 Å². The van der Waals surface area contributed by atoms with Crippen molar-refractivity contribution >= 4 is 17.3 Å². The molecule has 3 rings (SSSR count). The lowest BCUT2D eigenvalue weighted by molar-refractivity contribution is 0.409. The van der Waals surface area contributed by atoms with Crippen molar-refractivity contribution in [2.45, 2.75) is 19.4 Å². The molecule has 6 nitrogen and oxygen atoms in total. The highest BCUT2D eigenvalue weighted by atomic mass is 16.5. The van der Waals surface area contributed by atoms with E-state index in [4.69, 9.17) is 10.5 Å². The van der Waals surface area contributed by atoms with Crippen molar-refractivity contribution in [3.63, 3.8) is 0 Å². The number of ether oxygens (including phenoxy) is 1. The molecule has 0 unspecified atom stereocenters. The van der Waals surface area contributed by atoms with Gasteiger partial charge in [-0.15, -0.1) is 0 Å². The van der Waals surface area contributed by atoms with Crippen molar-refractivity contribution in [3.8, 4) is 5.75 Å². The molecule has 0 spiro atoms. The summed E-state index contributed by atoms with van der Waals surface area (Å²) < 4.78 is 5.24. The van der Waals surface area contributed by atoms with Gasteiger partial charge >= 0.3 is 0 Å². The second-order valence-corrected chi connectivity index (χ2v) is 6.38. The van der Waals surface area contributed by atoms with Gasteiger partial charge in [-0.25, -0.2) is 9.97 Å². The Bertz CT molecular complexity index is 671. The summed E-state index contributed by atoms with van der Waals surface area (Å²) in [7, 11) is 1.69. The van der Waals surface area contributed by atoms with E-state index in [1.807, 2.05) is 18.2 Å². The molecule has 0 aliphatic carbocycles. The van der Waals surface area contributed by atoms with E-state index in [1.165, 1.54) is 12.0 Å². The van der Waals surface area contributed by atoms with Gasteiger partial charge in [-0.05, 0) is 38.1 Å². The summed E-state index contributed by atoms with van der Waals surface area (Å²) >= 11 is 0. The van der Waals surface area contributed by atoms with Crippen LogP contribution in [0.2, 0.25) is 0 Å². The molecule has 2 N–H and O–H groups in total. The number of nitrogens with zero attached hydrogens (tertiary/aromatic N) is 4. The van der Waals surface area contributed by atoms with Crippen LogP contribution in [0, 0.1) is 0 Å². The molecule has 0 radical (unpaired) electrons. The summed E-state index contributed by atoms with van der Waals surface area (Å²) in [5, 5.41) is 0. The number of hydrogen-bond donors (Lipinski definition) is 1. The Morgan fingerprint density at radius 2 is 1.87 bits per heavy atom. The number of nitrogen functional groups attached to an aromatic ring is 1. The summed E-state index contributed by atoms with van der Waals surface area (Å²) in [6.07, 6.45) is 1.52. The van der Waals surface area contributed by atoms with Crippen molar-refractivity contribution in [2.24, 2.45) is 0 Å². The van der Waals surface area contributed by atoms with Crippen LogP contribution < -0.4 is 20.3 Å². The first kappa shape index (κ1) is 15.4. The molecule has 1 aliphatic rings. The largest absolute Gasteiger partial charge is 0.497 e. The Hall–Kier alpha value is -2.50. The van der Waals surface area contributed by atoms with Crippen LogP contribution in [-0.4, -0.2) is 42.3 Å². The highest BCUT2D eigenvalue weighted by Gasteiger charge is 2.34. The van der Waals surface area contributed by atoms with Gasteiger partial charge in [-0.1, -0.05) is 0 Å². The van der Waals surface area contributed by atoms with Gasteiger partial charge in [0.15, 0.2) is 0 Å². The highest BCUT2D eigenvalue weighted by molar-refractivity contribution is 5.55. The minimum Gasteiger partial charge on any atom is -0.497 e. The fraction of sp³-hybridized carbons (Fsp3) is 0.412. The predicted octanol–water partition coefficient (Wildman–Crippen LogP) is 2.17. The van der Waals surface area contributed by atoms with E-state index < -0.39 is 0 Å². The molecule has 0 saturated carbocycles. The standard InChI is InChI=1S/C17H23N5O/c1-17(2)11-21(16-10-15(18)19-12-20-16)8-9-22(17)13-4-6-14(23-3)7-5-13/h4-7,10,12H,8-9,11H2,1-3H3,(H2,18,19,20). The number of methoxy groups -OCH3 is 1. The van der Waals surface area contributed by atoms with E-state index in [0.29, 0.717) is 5.82 Å². The monoisotopic (exact) mass is 313 g/mol. The smallest absolute Gasteiger partial charge is 0.134 e. The molecule has 1 fully saturated rings. The number of hydrogen-bond acceptors (Lipinski definition) is 6. The third-order valence-corrected chi connectivity index (χ3v) is 4.28. The molecular weight excluding hydrogens is 290 g/mol. The van der Waals surface area contributed by atoms with Crippen LogP contribution in [0.5, 0.6) is 5.75 Å². The predicted molar refractivity (Wildman–Crippen MR) is 93.1 cm³/mol. The van der Waals surface area contributed by atoms with Gasteiger partial charge in [-0.2, -0.15) is 0 Å². The van der Waals surface area contributed by atoms with E-state index in [1.54, 1.807) is 7.11 Å². The maximum atomic E-state index is 5.78. The molecule has 2 aromatic rings. The Balaban J connectivity index is 1.79. The Labute approximate surface area is 136 Å². The second-order valence-electron chi connectivity index (χ2n) is 6.38. The quantitative estimate of drug-likeness (QED) is 0.937. The number of aromatic nitrogens is 2. The van der Waals surface area contributed by atoms with Crippen LogP contribution >= 0.6 is 0 Å². The van der Waals surface area contributed by atoms with Gasteiger partial charge in [0, 0.05) is 31.4 Å². The number of benzene rings is 1. The van der Waals surface area contributed by atoms with Gasteiger partial charge in [0.05, 0.1) is 12.6 Å². The molecule has 0 amide bonds. The van der Waals surface area contributed by atoms with E-state index in [0.717, 1.165) is 31.2 Å². The summed E-state index contributed by atoms with van der Waals surface area (Å²) in [5.74, 6) is 2.27. The van der Waals surface area contributed by atoms with Crippen LogP contribution in [0.25, 0.3) is 0 Å². The number of nitrogens with two attached hydrogens (primary N) is 1. The van der Waals surface area contributed by atoms with Gasteiger partial charge in [0.1, 0.15) is 23.7 Å². The molecule has 1 aliphatic heterocycles. The summed E-state index contributed by atoms with van der Waals surface area (Å²) in [5.41, 5.74) is 6.96. The zero-order valence-electron chi connectivity index (χ0n) is 13.9. The van der Waals surface area contributed by atoms with Crippen LogP contribution in [-0.2, 0) is 0 Å². The minimum absolute atomic E-state index is 0.0213. The fourth-order valence-electron chi connectivity index (χ4n) is 3.13. The van der Waals surface area contributed by atoms with Crippen LogP contribution in [0.15, 0.2) is 36.7 Å². The lowest BCUT2D eigenvalue weighted by Crippen LogP contribution is -2.60. The van der Waals surface area contributed by atoms with Crippen LogP contribution in [0.3, 0.4) is 0 Å². The summed E-state index contributed by atoms with van der Waals surface area (Å²) in [6.45, 7) is 7.17. The third kappa shape index (κ3) is 3.16. The molecule has 1 aromatic carbocycles. The average Bonchev–Trinajstić information content (AvgIpc) is 2.54. The fourth-order valence-corrected chi connectivity index (χ4v) is 3.13. The summed E-state index contributed by atoms with van der Waals surface area (Å²) in [6, 6.07) is 10.1. The third-order valence-electron chi connectivity index (χ3n) is 4.28. The van der Waals surface area contributed by atoms with Crippen molar-refractivity contribution in [2.75, 3.05) is 42.3 Å². The van der Waals surface area contributed by atoms with Crippen LogP contribution in [0.4, 0.5) is 17.3 Å². The highest BCUT2D eigenvalue weighted by Crippen LogP contribution is 2.30. The van der Waals surface area contributed by atoms with E-state index in [2.05, 4.69) is 45.7 Å². The molecule has 0 atom stereocenters. The number of anilines is 3. The Morgan fingerprint density at radius 3 is 2.48 bits per heavy atom. The van der Waals surface area contributed by atoms with Crippen LogP contribution in [0.1, 0.15) is 13.8 Å².